The molecule has 0 amide bonds. The Bertz CT molecular complexity index is 999. The van der Waals surface area contributed by atoms with Gasteiger partial charge in [-0.2, -0.15) is 0 Å². The summed E-state index contributed by atoms with van der Waals surface area (Å²) >= 11 is 0. The van der Waals surface area contributed by atoms with Crippen molar-refractivity contribution in [3.63, 3.8) is 0 Å². The van der Waals surface area contributed by atoms with Gasteiger partial charge in [-0.25, -0.2) is 0 Å². The predicted octanol–water partition coefficient (Wildman–Crippen LogP) is 5.65. The molecule has 8 atom stereocenters. The first-order chi connectivity index (χ1) is 16.4. The van der Waals surface area contributed by atoms with Crippen LogP contribution in [0.1, 0.15) is 57.4 Å². The van der Waals surface area contributed by atoms with Crippen LogP contribution in [0.15, 0.2) is 35.9 Å². The number of rotatable bonds is 6. The normalized spacial score (nSPS) is 46.0. The molecule has 0 N–H and O–H groups in total. The van der Waals surface area contributed by atoms with Crippen molar-refractivity contribution in [2.45, 2.75) is 64.3 Å². The van der Waals surface area contributed by atoms with Crippen LogP contribution in [0.2, 0.25) is 0 Å². The molecule has 6 bridgehead atoms. The summed E-state index contributed by atoms with van der Waals surface area (Å²) in [7, 11) is 6.77. The second-order valence-corrected chi connectivity index (χ2v) is 13.7. The maximum atomic E-state index is 6.42. The summed E-state index contributed by atoms with van der Waals surface area (Å²) in [5.41, 5.74) is 4.69. The third-order valence-electron chi connectivity index (χ3n) is 11.9. The van der Waals surface area contributed by atoms with Gasteiger partial charge in [0, 0.05) is 19.1 Å². The smallest absolute Gasteiger partial charge is 0.119 e. The van der Waals surface area contributed by atoms with Crippen LogP contribution >= 0.6 is 0 Å². The van der Waals surface area contributed by atoms with E-state index in [0.717, 1.165) is 55.0 Å². The molecule has 1 aromatic rings. The Kier molecular flexibility index (Phi) is 4.74. The predicted molar refractivity (Wildman–Crippen MR) is 138 cm³/mol. The molecule has 7 aliphatic rings. The molecule has 1 heterocycles. The highest BCUT2D eigenvalue weighted by Gasteiger charge is 2.78. The molecule has 8 unspecified atom stereocenters. The Morgan fingerprint density at radius 3 is 2.68 bits per heavy atom. The Morgan fingerprint density at radius 1 is 1.06 bits per heavy atom. The first-order valence-corrected chi connectivity index (χ1v) is 14.1. The minimum absolute atomic E-state index is 0.474. The van der Waals surface area contributed by atoms with Gasteiger partial charge in [0.2, 0.25) is 0 Å². The van der Waals surface area contributed by atoms with E-state index >= 15 is 0 Å². The molecule has 2 spiro atoms. The van der Waals surface area contributed by atoms with Gasteiger partial charge in [-0.15, -0.1) is 0 Å². The zero-order chi connectivity index (χ0) is 23.3. The van der Waals surface area contributed by atoms with Crippen LogP contribution in [-0.4, -0.2) is 56.7 Å². The number of allylic oxidation sites excluding steroid dienone is 1. The highest BCUT2D eigenvalue weighted by atomic mass is 16.5. The lowest BCUT2D eigenvalue weighted by atomic mass is 9.41. The molecule has 6 aliphatic carbocycles. The average molecular weight is 461 g/mol. The van der Waals surface area contributed by atoms with Crippen molar-refractivity contribution < 1.29 is 4.74 Å². The van der Waals surface area contributed by atoms with E-state index in [-0.39, 0.29) is 0 Å². The number of likely N-dealkylation sites (tertiary alicyclic amines) is 1. The number of ether oxygens (including phenoxy) is 1. The van der Waals surface area contributed by atoms with Crippen molar-refractivity contribution in [1.29, 1.82) is 0 Å². The van der Waals surface area contributed by atoms with E-state index in [1.54, 1.807) is 5.57 Å². The Morgan fingerprint density at radius 2 is 1.88 bits per heavy atom. The van der Waals surface area contributed by atoms with Gasteiger partial charge in [0.05, 0.1) is 0 Å². The molecule has 3 nitrogen and oxygen atoms in total. The van der Waals surface area contributed by atoms with E-state index in [2.05, 4.69) is 68.2 Å². The van der Waals surface area contributed by atoms with Gasteiger partial charge < -0.3 is 14.5 Å². The minimum Gasteiger partial charge on any atom is -0.489 e. The van der Waals surface area contributed by atoms with Gasteiger partial charge in [-0.3, -0.25) is 0 Å². The Hall–Kier alpha value is -1.32. The first kappa shape index (κ1) is 21.9. The molecule has 184 valence electrons. The zero-order valence-corrected chi connectivity index (χ0v) is 21.9. The molecule has 34 heavy (non-hydrogen) atoms. The van der Waals surface area contributed by atoms with E-state index in [1.165, 1.54) is 57.1 Å². The molecule has 1 aromatic carbocycles. The van der Waals surface area contributed by atoms with Crippen molar-refractivity contribution in [3.05, 3.63) is 41.5 Å². The van der Waals surface area contributed by atoms with Crippen molar-refractivity contribution in [2.24, 2.45) is 39.9 Å². The number of piperidine rings is 1. The first-order valence-electron chi connectivity index (χ1n) is 14.1. The topological polar surface area (TPSA) is 15.7 Å². The monoisotopic (exact) mass is 460 g/mol. The van der Waals surface area contributed by atoms with Gasteiger partial charge in [0.25, 0.3) is 0 Å². The average Bonchev–Trinajstić information content (AvgIpc) is 2.90. The van der Waals surface area contributed by atoms with E-state index < -0.39 is 0 Å². The van der Waals surface area contributed by atoms with Crippen molar-refractivity contribution in [3.8, 4) is 5.75 Å². The minimum atomic E-state index is 0.474. The van der Waals surface area contributed by atoms with Crippen LogP contribution in [-0.2, 0) is 6.42 Å². The molecular weight excluding hydrogens is 416 g/mol. The summed E-state index contributed by atoms with van der Waals surface area (Å²) in [6.45, 7) is 5.90. The van der Waals surface area contributed by atoms with Crippen LogP contribution in [0.25, 0.3) is 0 Å². The molecule has 0 radical (unpaired) electrons. The maximum Gasteiger partial charge on any atom is 0.119 e. The van der Waals surface area contributed by atoms with Gasteiger partial charge in [-0.05, 0) is 129 Å². The second-order valence-electron chi connectivity index (χ2n) is 13.7. The molecule has 0 aromatic heterocycles. The van der Waals surface area contributed by atoms with E-state index in [1.807, 2.05) is 0 Å². The second kappa shape index (κ2) is 7.35. The van der Waals surface area contributed by atoms with E-state index in [0.29, 0.717) is 16.2 Å². The number of nitrogens with zero attached hydrogens (tertiary/aromatic N) is 2. The van der Waals surface area contributed by atoms with E-state index in [9.17, 15) is 0 Å². The van der Waals surface area contributed by atoms with Gasteiger partial charge in [-0.1, -0.05) is 31.6 Å². The standard InChI is InChI=1S/C31H44N2O/c1-29-12-5-13-31-26(29)10-14-30-18-23(19-34-24-8-6-21(7-9-24)11-15-32(2)3)22(17-27(30)31)16-25(30)28(31)33(4)20-29/h6-9,18,22,25-28H,5,10-17,19-20H2,1-4H3. The van der Waals surface area contributed by atoms with Crippen LogP contribution < -0.4 is 4.74 Å². The van der Waals surface area contributed by atoms with Gasteiger partial charge in [0.15, 0.2) is 0 Å². The number of benzene rings is 1. The molecule has 4 saturated carbocycles. The fraction of sp³-hybridized carbons (Fsp3) is 0.742. The summed E-state index contributed by atoms with van der Waals surface area (Å²) in [6.07, 6.45) is 14.2. The lowest BCUT2D eigenvalue weighted by Crippen LogP contribution is -2.65. The fourth-order valence-electron chi connectivity index (χ4n) is 11.1. The SMILES string of the molecule is CN(C)CCc1ccc(OCC2=CC34CCC5C6(C)CCCC57C(C3CC2CC47)N(C)C6)cc1. The molecule has 1 saturated heterocycles. The summed E-state index contributed by atoms with van der Waals surface area (Å²) < 4.78 is 6.42. The summed E-state index contributed by atoms with van der Waals surface area (Å²) in [6, 6.07) is 9.72. The quantitative estimate of drug-likeness (QED) is 0.510. The lowest BCUT2D eigenvalue weighted by Gasteiger charge is -2.66. The van der Waals surface area contributed by atoms with Crippen LogP contribution in [0.4, 0.5) is 0 Å². The largest absolute Gasteiger partial charge is 0.489 e. The summed E-state index contributed by atoms with van der Waals surface area (Å²) in [5.74, 6) is 4.61. The highest BCUT2D eigenvalue weighted by molar-refractivity contribution is 5.38. The van der Waals surface area contributed by atoms with Crippen molar-refractivity contribution in [1.82, 2.24) is 9.80 Å². The molecule has 5 fully saturated rings. The van der Waals surface area contributed by atoms with E-state index in [4.69, 9.17) is 4.74 Å². The van der Waals surface area contributed by atoms with Crippen LogP contribution in [0.5, 0.6) is 5.75 Å². The van der Waals surface area contributed by atoms with Gasteiger partial charge >= 0.3 is 0 Å². The summed E-state index contributed by atoms with van der Waals surface area (Å²) in [5, 5.41) is 0. The van der Waals surface area contributed by atoms with Crippen LogP contribution in [0.3, 0.4) is 0 Å². The van der Waals surface area contributed by atoms with Crippen molar-refractivity contribution in [2.75, 3.05) is 40.8 Å². The molecule has 3 heteroatoms. The third-order valence-corrected chi connectivity index (χ3v) is 11.9. The molecule has 8 rings (SSSR count). The number of hydrogen-bond acceptors (Lipinski definition) is 3. The van der Waals surface area contributed by atoms with Gasteiger partial charge in [0.1, 0.15) is 12.4 Å². The molecular formula is C31H44N2O. The summed E-state index contributed by atoms with van der Waals surface area (Å²) in [4.78, 5) is 5.12. The fourth-order valence-corrected chi connectivity index (χ4v) is 11.1. The highest BCUT2D eigenvalue weighted by Crippen LogP contribution is 2.81. The Balaban J connectivity index is 1.14. The molecule has 1 aliphatic heterocycles. The maximum absolute atomic E-state index is 6.42. The lowest BCUT2D eigenvalue weighted by molar-refractivity contribution is -0.170. The third kappa shape index (κ3) is 2.78. The van der Waals surface area contributed by atoms with Crippen molar-refractivity contribution >= 4 is 0 Å². The van der Waals surface area contributed by atoms with Crippen LogP contribution in [0, 0.1) is 39.9 Å². The number of hydrogen-bond donors (Lipinski definition) is 0. The number of likely N-dealkylation sites (N-methyl/N-ethyl adjacent to an activating group) is 1. The Labute approximate surface area is 206 Å². The zero-order valence-electron chi connectivity index (χ0n) is 21.9.